The fourth-order valence-electron chi connectivity index (χ4n) is 3.95. The van der Waals surface area contributed by atoms with Gasteiger partial charge in [-0.3, -0.25) is 9.79 Å². The Kier molecular flexibility index (Phi) is 7.71. The monoisotopic (exact) mass is 386 g/mol. The number of fused-ring (bicyclic) bond motifs is 1. The third-order valence-electron chi connectivity index (χ3n) is 5.55. The Morgan fingerprint density at radius 3 is 2.93 bits per heavy atom. The summed E-state index contributed by atoms with van der Waals surface area (Å²) < 4.78 is 5.47. The van der Waals surface area contributed by atoms with E-state index in [1.54, 1.807) is 0 Å². The zero-order valence-electron chi connectivity index (χ0n) is 17.3. The molecular weight excluding hydrogens is 352 g/mol. The van der Waals surface area contributed by atoms with E-state index in [2.05, 4.69) is 48.5 Å². The maximum atomic E-state index is 12.6. The predicted molar refractivity (Wildman–Crippen MR) is 112 cm³/mol. The lowest BCUT2D eigenvalue weighted by molar-refractivity contribution is -0.132. The molecule has 1 N–H and O–H groups in total. The standard InChI is InChI=1S/C22H34N4O2/c1-3-23-22(25(2)15-18-11-14-28-17-18)24-12-6-9-21(27)26-13-10-19-7-4-5-8-20(19)16-26/h4-5,7-8,18H,3,6,9-17H2,1-2H3,(H,23,24). The second-order valence-electron chi connectivity index (χ2n) is 7.78. The van der Waals surface area contributed by atoms with Crippen molar-refractivity contribution < 1.29 is 9.53 Å². The summed E-state index contributed by atoms with van der Waals surface area (Å²) in [6, 6.07) is 8.43. The molecule has 6 heteroatoms. The van der Waals surface area contributed by atoms with Gasteiger partial charge in [0.05, 0.1) is 6.61 Å². The second-order valence-corrected chi connectivity index (χ2v) is 7.78. The predicted octanol–water partition coefficient (Wildman–Crippen LogP) is 2.29. The quantitative estimate of drug-likeness (QED) is 0.444. The maximum Gasteiger partial charge on any atom is 0.222 e. The number of benzene rings is 1. The lowest BCUT2D eigenvalue weighted by Crippen LogP contribution is -2.41. The normalized spacial score (nSPS) is 19.4. The van der Waals surface area contributed by atoms with Crippen LogP contribution < -0.4 is 5.32 Å². The smallest absolute Gasteiger partial charge is 0.222 e. The van der Waals surface area contributed by atoms with Crippen LogP contribution in [0, 0.1) is 5.92 Å². The van der Waals surface area contributed by atoms with Gasteiger partial charge in [-0.2, -0.15) is 0 Å². The third kappa shape index (κ3) is 5.71. The number of nitrogens with one attached hydrogen (secondary N) is 1. The summed E-state index contributed by atoms with van der Waals surface area (Å²) in [5.74, 6) is 1.75. The molecule has 0 aliphatic carbocycles. The zero-order valence-corrected chi connectivity index (χ0v) is 17.3. The van der Waals surface area contributed by atoms with Gasteiger partial charge in [-0.15, -0.1) is 0 Å². The lowest BCUT2D eigenvalue weighted by atomic mass is 9.99. The SMILES string of the molecule is CCNC(=NCCCC(=O)N1CCc2ccccc2C1)N(C)CC1CCOC1. The molecule has 3 rings (SSSR count). The van der Waals surface area contributed by atoms with Gasteiger partial charge in [0, 0.05) is 58.7 Å². The van der Waals surface area contributed by atoms with Crippen molar-refractivity contribution in [1.82, 2.24) is 15.1 Å². The van der Waals surface area contributed by atoms with Crippen molar-refractivity contribution >= 4 is 11.9 Å². The molecule has 2 aliphatic heterocycles. The zero-order chi connectivity index (χ0) is 19.8. The highest BCUT2D eigenvalue weighted by Crippen LogP contribution is 2.19. The Bertz CT molecular complexity index is 670. The first-order valence-corrected chi connectivity index (χ1v) is 10.6. The van der Waals surface area contributed by atoms with Crippen LogP contribution in [0.25, 0.3) is 0 Å². The van der Waals surface area contributed by atoms with Crippen LogP contribution in [0.3, 0.4) is 0 Å². The molecule has 28 heavy (non-hydrogen) atoms. The number of guanidine groups is 1. The summed E-state index contributed by atoms with van der Waals surface area (Å²) in [4.78, 5) is 21.5. The highest BCUT2D eigenvalue weighted by atomic mass is 16.5. The van der Waals surface area contributed by atoms with E-state index in [1.807, 2.05) is 4.90 Å². The van der Waals surface area contributed by atoms with Gasteiger partial charge in [0.15, 0.2) is 5.96 Å². The van der Waals surface area contributed by atoms with E-state index in [4.69, 9.17) is 9.73 Å². The van der Waals surface area contributed by atoms with Crippen LogP contribution in [0.5, 0.6) is 0 Å². The van der Waals surface area contributed by atoms with Gasteiger partial charge < -0.3 is 19.9 Å². The van der Waals surface area contributed by atoms with Crippen LogP contribution in [0.15, 0.2) is 29.3 Å². The molecule has 1 saturated heterocycles. The highest BCUT2D eigenvalue weighted by Gasteiger charge is 2.20. The lowest BCUT2D eigenvalue weighted by Gasteiger charge is -2.29. The number of carbonyl (C=O) groups excluding carboxylic acids is 1. The minimum absolute atomic E-state index is 0.242. The summed E-state index contributed by atoms with van der Waals surface area (Å²) in [6.45, 7) is 7.84. The number of ether oxygens (including phenoxy) is 1. The van der Waals surface area contributed by atoms with Gasteiger partial charge in [-0.05, 0) is 37.3 Å². The van der Waals surface area contributed by atoms with E-state index in [0.717, 1.165) is 64.6 Å². The average molecular weight is 387 g/mol. The molecule has 0 aromatic heterocycles. The van der Waals surface area contributed by atoms with Crippen molar-refractivity contribution in [3.63, 3.8) is 0 Å². The number of carbonyl (C=O) groups is 1. The third-order valence-corrected chi connectivity index (χ3v) is 5.55. The number of nitrogens with zero attached hydrogens (tertiary/aromatic N) is 3. The molecule has 0 bridgehead atoms. The Hall–Kier alpha value is -2.08. The topological polar surface area (TPSA) is 57.2 Å². The average Bonchev–Trinajstić information content (AvgIpc) is 3.22. The largest absolute Gasteiger partial charge is 0.381 e. The van der Waals surface area contributed by atoms with Crippen molar-refractivity contribution in [1.29, 1.82) is 0 Å². The first-order valence-electron chi connectivity index (χ1n) is 10.6. The van der Waals surface area contributed by atoms with Crippen LogP contribution in [-0.2, 0) is 22.5 Å². The molecule has 2 aliphatic rings. The van der Waals surface area contributed by atoms with E-state index in [-0.39, 0.29) is 5.91 Å². The fourth-order valence-corrected chi connectivity index (χ4v) is 3.95. The summed E-state index contributed by atoms with van der Waals surface area (Å²) in [7, 11) is 2.08. The van der Waals surface area contributed by atoms with Gasteiger partial charge in [-0.25, -0.2) is 0 Å². The molecule has 6 nitrogen and oxygen atoms in total. The first kappa shape index (κ1) is 20.6. The number of amides is 1. The Labute approximate surface area is 168 Å². The van der Waals surface area contributed by atoms with E-state index >= 15 is 0 Å². The van der Waals surface area contributed by atoms with Crippen molar-refractivity contribution in [3.05, 3.63) is 35.4 Å². The number of hydrogen-bond donors (Lipinski definition) is 1. The van der Waals surface area contributed by atoms with Crippen molar-refractivity contribution in [2.24, 2.45) is 10.9 Å². The maximum absolute atomic E-state index is 12.6. The van der Waals surface area contributed by atoms with Crippen LogP contribution in [-0.4, -0.2) is 68.1 Å². The minimum Gasteiger partial charge on any atom is -0.381 e. The Morgan fingerprint density at radius 2 is 2.18 bits per heavy atom. The molecular formula is C22H34N4O2. The van der Waals surface area contributed by atoms with Crippen molar-refractivity contribution in [2.75, 3.05) is 46.4 Å². The molecule has 154 valence electrons. The minimum atomic E-state index is 0.242. The summed E-state index contributed by atoms with van der Waals surface area (Å²) >= 11 is 0. The van der Waals surface area contributed by atoms with Gasteiger partial charge >= 0.3 is 0 Å². The Morgan fingerprint density at radius 1 is 1.36 bits per heavy atom. The number of rotatable bonds is 7. The van der Waals surface area contributed by atoms with Gasteiger partial charge in [0.25, 0.3) is 0 Å². The van der Waals surface area contributed by atoms with E-state index < -0.39 is 0 Å². The molecule has 1 aromatic carbocycles. The number of aliphatic imine (C=N–C) groups is 1. The van der Waals surface area contributed by atoms with Crippen LogP contribution in [0.4, 0.5) is 0 Å². The van der Waals surface area contributed by atoms with Crippen LogP contribution >= 0.6 is 0 Å². The van der Waals surface area contributed by atoms with Gasteiger partial charge in [0.1, 0.15) is 0 Å². The van der Waals surface area contributed by atoms with Crippen LogP contribution in [0.2, 0.25) is 0 Å². The second kappa shape index (κ2) is 10.5. The highest BCUT2D eigenvalue weighted by molar-refractivity contribution is 5.80. The van der Waals surface area contributed by atoms with Crippen molar-refractivity contribution in [2.45, 2.75) is 39.2 Å². The summed E-state index contributed by atoms with van der Waals surface area (Å²) in [5, 5.41) is 3.36. The van der Waals surface area contributed by atoms with Gasteiger partial charge in [-0.1, -0.05) is 24.3 Å². The molecule has 0 spiro atoms. The molecule has 1 fully saturated rings. The molecule has 1 amide bonds. The fraction of sp³-hybridized carbons (Fsp3) is 0.636. The molecule has 0 saturated carbocycles. The molecule has 1 unspecified atom stereocenters. The van der Waals surface area contributed by atoms with E-state index in [9.17, 15) is 4.79 Å². The first-order chi connectivity index (χ1) is 13.7. The van der Waals surface area contributed by atoms with Crippen molar-refractivity contribution in [3.8, 4) is 0 Å². The van der Waals surface area contributed by atoms with Gasteiger partial charge in [0.2, 0.25) is 5.91 Å². The Balaban J connectivity index is 1.44. The van der Waals surface area contributed by atoms with E-state index in [0.29, 0.717) is 18.9 Å². The molecule has 1 atom stereocenters. The molecule has 2 heterocycles. The molecule has 1 aromatic rings. The number of hydrogen-bond acceptors (Lipinski definition) is 3. The summed E-state index contributed by atoms with van der Waals surface area (Å²) in [5.41, 5.74) is 2.66. The van der Waals surface area contributed by atoms with E-state index in [1.165, 1.54) is 11.1 Å². The summed E-state index contributed by atoms with van der Waals surface area (Å²) in [6.07, 6.45) is 3.43. The molecule has 0 radical (unpaired) electrons. The van der Waals surface area contributed by atoms with Crippen LogP contribution in [0.1, 0.15) is 37.3 Å².